The summed E-state index contributed by atoms with van der Waals surface area (Å²) in [6, 6.07) is 39.2. The summed E-state index contributed by atoms with van der Waals surface area (Å²) in [6.07, 6.45) is 2.21. The summed E-state index contributed by atoms with van der Waals surface area (Å²) in [7, 11) is 0. The van der Waals surface area contributed by atoms with Crippen molar-refractivity contribution in [3.05, 3.63) is 137 Å². The van der Waals surface area contributed by atoms with Crippen molar-refractivity contribution in [1.29, 1.82) is 0 Å². The second kappa shape index (κ2) is 12.3. The number of rotatable bonds is 4. The summed E-state index contributed by atoms with van der Waals surface area (Å²) >= 11 is 0. The Morgan fingerprint density at radius 2 is 1.35 bits per heavy atom. The number of hydrogen-bond acceptors (Lipinski definition) is 3. The van der Waals surface area contributed by atoms with Crippen LogP contribution >= 0.6 is 0 Å². The summed E-state index contributed by atoms with van der Waals surface area (Å²) in [5.41, 5.74) is 20.0. The molecule has 0 amide bonds. The predicted molar refractivity (Wildman–Crippen MR) is 236 cm³/mol. The molecule has 9 rings (SSSR count). The first-order valence-electron chi connectivity index (χ1n) is 20.4. The second-order valence-corrected chi connectivity index (χ2v) is 19.2. The highest BCUT2D eigenvalue weighted by Gasteiger charge is 2.52. The van der Waals surface area contributed by atoms with Gasteiger partial charge in [-0.15, -0.1) is 0 Å². The predicted octanol–water partition coefficient (Wildman–Crippen LogP) is 12.4. The molecule has 0 bridgehead atoms. The maximum absolute atomic E-state index is 7.53. The minimum absolute atomic E-state index is 0.0476. The highest BCUT2D eigenvalue weighted by atomic mass is 16.3. The van der Waals surface area contributed by atoms with E-state index in [1.807, 2.05) is 0 Å². The maximum Gasteiger partial charge on any atom is 0.297 e. The van der Waals surface area contributed by atoms with Gasteiger partial charge in [0, 0.05) is 39.4 Å². The topological polar surface area (TPSA) is 19.6 Å². The summed E-state index contributed by atoms with van der Waals surface area (Å²) in [6.45, 7) is 25.6. The van der Waals surface area contributed by atoms with Crippen LogP contribution in [-0.4, -0.2) is 6.71 Å². The second-order valence-electron chi connectivity index (χ2n) is 19.2. The molecule has 0 atom stereocenters. The smallest absolute Gasteiger partial charge is 0.297 e. The van der Waals surface area contributed by atoms with Gasteiger partial charge in [0.15, 0.2) is 0 Å². The van der Waals surface area contributed by atoms with E-state index in [1.54, 1.807) is 0 Å². The van der Waals surface area contributed by atoms with Crippen LogP contribution < -0.4 is 26.4 Å². The van der Waals surface area contributed by atoms with Gasteiger partial charge in [0.1, 0.15) is 5.76 Å². The summed E-state index contributed by atoms with van der Waals surface area (Å²) in [5, 5.41) is 0. The van der Waals surface area contributed by atoms with E-state index in [4.69, 9.17) is 4.42 Å². The van der Waals surface area contributed by atoms with Crippen LogP contribution in [0.15, 0.2) is 108 Å². The van der Waals surface area contributed by atoms with Gasteiger partial charge in [0.2, 0.25) is 0 Å². The Morgan fingerprint density at radius 1 is 0.673 bits per heavy atom. The third-order valence-corrected chi connectivity index (χ3v) is 12.9. The first kappa shape index (κ1) is 35.7. The molecular formula is C51H55BN2O. The molecule has 0 saturated carbocycles. The number of aryl methyl sites for hydroxylation is 2. The van der Waals surface area contributed by atoms with E-state index >= 15 is 0 Å². The third-order valence-electron chi connectivity index (χ3n) is 12.9. The number of furan rings is 1. The molecule has 55 heavy (non-hydrogen) atoms. The van der Waals surface area contributed by atoms with Crippen LogP contribution in [0.2, 0.25) is 0 Å². The van der Waals surface area contributed by atoms with Crippen molar-refractivity contribution in [1.82, 2.24) is 0 Å². The van der Waals surface area contributed by atoms with E-state index in [-0.39, 0.29) is 23.0 Å². The molecule has 3 heterocycles. The molecule has 0 unspecified atom stereocenters. The van der Waals surface area contributed by atoms with Gasteiger partial charge < -0.3 is 14.2 Å². The van der Waals surface area contributed by atoms with E-state index in [2.05, 4.69) is 189 Å². The summed E-state index contributed by atoms with van der Waals surface area (Å²) < 4.78 is 7.53. The molecule has 5 aromatic carbocycles. The molecule has 278 valence electrons. The molecule has 2 aliphatic heterocycles. The lowest BCUT2D eigenvalue weighted by atomic mass is 9.35. The molecule has 0 fully saturated rings. The Labute approximate surface area is 329 Å². The maximum atomic E-state index is 7.53. The van der Waals surface area contributed by atoms with Crippen LogP contribution in [0.25, 0.3) is 11.1 Å². The van der Waals surface area contributed by atoms with Crippen molar-refractivity contribution in [3.63, 3.8) is 0 Å². The van der Waals surface area contributed by atoms with Crippen molar-refractivity contribution in [2.75, 3.05) is 9.80 Å². The Hall–Kier alpha value is -4.96. The molecule has 0 spiro atoms. The molecule has 0 saturated heterocycles. The first-order chi connectivity index (χ1) is 26.0. The van der Waals surface area contributed by atoms with Crippen LogP contribution in [0.3, 0.4) is 0 Å². The van der Waals surface area contributed by atoms with E-state index in [1.165, 1.54) is 84.0 Å². The van der Waals surface area contributed by atoms with E-state index < -0.39 is 0 Å². The third kappa shape index (κ3) is 5.53. The molecular weight excluding hydrogens is 667 g/mol. The van der Waals surface area contributed by atoms with E-state index in [0.29, 0.717) is 5.92 Å². The molecule has 6 aromatic rings. The molecule has 0 radical (unpaired) electrons. The van der Waals surface area contributed by atoms with E-state index in [0.717, 1.165) is 24.3 Å². The average Bonchev–Trinajstić information content (AvgIpc) is 3.57. The zero-order valence-electron chi connectivity index (χ0n) is 34.7. The SMILES string of the molecule is Cc1cc2c3c(c1)N(c1ccc(C(C)(C)C)cc1)c1c(oc4c1C(C)(C)CCC4(C)C)B3c1cc(C(C)C)ccc1N2c1cc(-c2ccccc2)ccc1C. The number of hydrogen-bond donors (Lipinski definition) is 0. The number of benzene rings is 5. The van der Waals surface area contributed by atoms with Gasteiger partial charge in [0.25, 0.3) is 6.71 Å². The highest BCUT2D eigenvalue weighted by Crippen LogP contribution is 2.55. The largest absolute Gasteiger partial charge is 0.472 e. The standard InChI is InChI=1S/C51H55BN2O/c1-31(2)35-19-24-40-39(29-35)52-45-42(27-32(3)28-43(45)54(40)41-30-36(18-17-33(41)4)34-15-13-12-14-16-34)53(38-22-20-37(21-23-38)49(5,6)7)46-44-47(55-48(46)52)51(10,11)26-25-50(44,8)9/h12-24,27-31H,25-26H2,1-11H3. The first-order valence-corrected chi connectivity index (χ1v) is 20.4. The monoisotopic (exact) mass is 722 g/mol. The highest BCUT2D eigenvalue weighted by molar-refractivity contribution is 6.99. The molecule has 3 aliphatic rings. The van der Waals surface area contributed by atoms with Crippen LogP contribution in [0, 0.1) is 13.8 Å². The number of fused-ring (bicyclic) bond motifs is 6. The lowest BCUT2D eigenvalue weighted by Gasteiger charge is -2.44. The minimum atomic E-state index is -0.0762. The minimum Gasteiger partial charge on any atom is -0.472 e. The van der Waals surface area contributed by atoms with Gasteiger partial charge in [-0.25, -0.2) is 0 Å². The number of nitrogens with zero attached hydrogens (tertiary/aromatic N) is 2. The van der Waals surface area contributed by atoms with Gasteiger partial charge in [-0.05, 0) is 124 Å². The lowest BCUT2D eigenvalue weighted by molar-refractivity contribution is 0.282. The normalized spacial score (nSPS) is 16.5. The Balaban J connectivity index is 1.39. The van der Waals surface area contributed by atoms with E-state index in [9.17, 15) is 0 Å². The molecule has 3 nitrogen and oxygen atoms in total. The number of anilines is 6. The average molecular weight is 723 g/mol. The van der Waals surface area contributed by atoms with Crippen molar-refractivity contribution in [3.8, 4) is 11.1 Å². The summed E-state index contributed by atoms with van der Waals surface area (Å²) in [4.78, 5) is 5.14. The van der Waals surface area contributed by atoms with Crippen LogP contribution in [-0.2, 0) is 16.2 Å². The van der Waals surface area contributed by atoms with Crippen molar-refractivity contribution in [2.24, 2.45) is 0 Å². The fraction of sp³-hybridized carbons (Fsp3) is 0.333. The Bertz CT molecular complexity index is 2480. The van der Waals surface area contributed by atoms with Crippen molar-refractivity contribution >= 4 is 57.4 Å². The van der Waals surface area contributed by atoms with Gasteiger partial charge >= 0.3 is 0 Å². The molecule has 4 heteroatoms. The molecule has 0 N–H and O–H groups in total. The Morgan fingerprint density at radius 3 is 2.02 bits per heavy atom. The molecule has 1 aliphatic carbocycles. The van der Waals surface area contributed by atoms with Gasteiger partial charge in [-0.1, -0.05) is 129 Å². The van der Waals surface area contributed by atoms with Crippen LogP contribution in [0.5, 0.6) is 0 Å². The van der Waals surface area contributed by atoms with Crippen molar-refractivity contribution < 1.29 is 4.42 Å². The van der Waals surface area contributed by atoms with Gasteiger partial charge in [-0.2, -0.15) is 0 Å². The Kier molecular flexibility index (Phi) is 7.97. The van der Waals surface area contributed by atoms with Crippen LogP contribution in [0.1, 0.15) is 115 Å². The van der Waals surface area contributed by atoms with Gasteiger partial charge in [0.05, 0.1) is 11.3 Å². The fourth-order valence-corrected chi connectivity index (χ4v) is 9.59. The zero-order chi connectivity index (χ0) is 38.8. The fourth-order valence-electron chi connectivity index (χ4n) is 9.59. The lowest BCUT2D eigenvalue weighted by Crippen LogP contribution is -2.61. The summed E-state index contributed by atoms with van der Waals surface area (Å²) in [5.74, 6) is 1.55. The quantitative estimate of drug-likeness (QED) is 0.169. The van der Waals surface area contributed by atoms with Gasteiger partial charge in [-0.3, -0.25) is 0 Å². The zero-order valence-corrected chi connectivity index (χ0v) is 34.7. The van der Waals surface area contributed by atoms with Crippen LogP contribution in [0.4, 0.5) is 34.1 Å². The van der Waals surface area contributed by atoms with Crippen molar-refractivity contribution in [2.45, 2.75) is 111 Å². The molecule has 1 aromatic heterocycles.